The van der Waals surface area contributed by atoms with Crippen molar-refractivity contribution in [3.05, 3.63) is 101 Å². The van der Waals surface area contributed by atoms with Crippen LogP contribution in [0.2, 0.25) is 0 Å². The molecule has 0 amide bonds. The summed E-state index contributed by atoms with van der Waals surface area (Å²) in [5, 5.41) is 4.26. The first kappa shape index (κ1) is 17.9. The second kappa shape index (κ2) is 6.92. The number of amidine groups is 1. The Bertz CT molecular complexity index is 1100. The number of nitrogens with one attached hydrogen (secondary N) is 1. The van der Waals surface area contributed by atoms with E-state index in [0.29, 0.717) is 11.3 Å². The number of benzene rings is 3. The van der Waals surface area contributed by atoms with Crippen LogP contribution >= 0.6 is 0 Å². The molecule has 0 radical (unpaired) electrons. The highest BCUT2D eigenvalue weighted by Crippen LogP contribution is 2.31. The molecule has 0 bridgehead atoms. The fourth-order valence-electron chi connectivity index (χ4n) is 2.92. The molecule has 0 aromatic heterocycles. The van der Waals surface area contributed by atoms with Crippen LogP contribution in [0.1, 0.15) is 22.3 Å². The summed E-state index contributed by atoms with van der Waals surface area (Å²) < 4.78 is 53.6. The van der Waals surface area contributed by atoms with Gasteiger partial charge in [-0.2, -0.15) is 18.3 Å². The summed E-state index contributed by atoms with van der Waals surface area (Å²) in [5.41, 5.74) is 3.73. The standard InChI is InChI=1S/C21H13F4N3/c22-17-10-3-1-8-15(17)20-26-18-11-4-2-9-16(18)19(27-28-20)13-6-5-7-14(12-13)21(23,24)25/h1-12H,(H,26,28). The summed E-state index contributed by atoms with van der Waals surface area (Å²) in [7, 11) is 0. The molecule has 4 rings (SSSR count). The molecule has 140 valence electrons. The van der Waals surface area contributed by atoms with Crippen molar-refractivity contribution in [1.29, 1.82) is 0 Å². The van der Waals surface area contributed by atoms with Crippen LogP contribution in [0, 0.1) is 5.82 Å². The van der Waals surface area contributed by atoms with Crippen LogP contribution < -0.4 is 5.43 Å². The Balaban J connectivity index is 1.85. The van der Waals surface area contributed by atoms with Crippen LogP contribution in [0.25, 0.3) is 0 Å². The third-order valence-corrected chi connectivity index (χ3v) is 4.26. The van der Waals surface area contributed by atoms with Gasteiger partial charge < -0.3 is 0 Å². The third-order valence-electron chi connectivity index (χ3n) is 4.26. The minimum Gasteiger partial charge on any atom is -0.260 e. The van der Waals surface area contributed by atoms with Crippen molar-refractivity contribution in [2.24, 2.45) is 10.1 Å². The van der Waals surface area contributed by atoms with E-state index >= 15 is 0 Å². The zero-order valence-corrected chi connectivity index (χ0v) is 14.3. The molecule has 1 N–H and O–H groups in total. The van der Waals surface area contributed by atoms with Crippen LogP contribution in [0.4, 0.5) is 23.2 Å². The van der Waals surface area contributed by atoms with Crippen LogP contribution in [0.5, 0.6) is 0 Å². The largest absolute Gasteiger partial charge is 0.416 e. The zero-order chi connectivity index (χ0) is 19.7. The average molecular weight is 383 g/mol. The minimum absolute atomic E-state index is 0.174. The Kier molecular flexibility index (Phi) is 4.43. The molecule has 0 aliphatic carbocycles. The maximum Gasteiger partial charge on any atom is 0.416 e. The van der Waals surface area contributed by atoms with Gasteiger partial charge in [0.2, 0.25) is 0 Å². The Morgan fingerprint density at radius 2 is 1.50 bits per heavy atom. The van der Waals surface area contributed by atoms with Gasteiger partial charge in [-0.3, -0.25) is 5.43 Å². The normalized spacial score (nSPS) is 13.7. The summed E-state index contributed by atoms with van der Waals surface area (Å²) in [6, 6.07) is 17.9. The highest BCUT2D eigenvalue weighted by Gasteiger charge is 2.31. The first-order valence-corrected chi connectivity index (χ1v) is 8.38. The van der Waals surface area contributed by atoms with Crippen molar-refractivity contribution >= 4 is 17.2 Å². The highest BCUT2D eigenvalue weighted by molar-refractivity contribution is 6.18. The summed E-state index contributed by atoms with van der Waals surface area (Å²) in [5.74, 6) is -0.309. The zero-order valence-electron chi connectivity index (χ0n) is 14.3. The van der Waals surface area contributed by atoms with E-state index in [0.717, 1.165) is 12.1 Å². The Labute approximate surface area is 158 Å². The lowest BCUT2D eigenvalue weighted by Crippen LogP contribution is -2.21. The van der Waals surface area contributed by atoms with E-state index in [1.54, 1.807) is 48.5 Å². The molecule has 0 saturated heterocycles. The lowest BCUT2D eigenvalue weighted by atomic mass is 9.99. The first-order chi connectivity index (χ1) is 13.4. The van der Waals surface area contributed by atoms with E-state index in [1.165, 1.54) is 12.1 Å². The molecule has 1 aliphatic rings. The van der Waals surface area contributed by atoms with Crippen molar-refractivity contribution in [2.75, 3.05) is 0 Å². The second-order valence-corrected chi connectivity index (χ2v) is 6.11. The number of hydrazone groups is 1. The molecule has 0 saturated carbocycles. The number of para-hydroxylation sites is 1. The van der Waals surface area contributed by atoms with Gasteiger partial charge in [0.05, 0.1) is 22.5 Å². The topological polar surface area (TPSA) is 36.8 Å². The minimum atomic E-state index is -4.47. The van der Waals surface area contributed by atoms with Crippen molar-refractivity contribution < 1.29 is 17.6 Å². The van der Waals surface area contributed by atoms with E-state index in [9.17, 15) is 17.6 Å². The number of fused-ring (bicyclic) bond motifs is 1. The predicted octanol–water partition coefficient (Wildman–Crippen LogP) is 5.28. The van der Waals surface area contributed by atoms with Gasteiger partial charge >= 0.3 is 6.18 Å². The third kappa shape index (κ3) is 3.38. The van der Waals surface area contributed by atoms with Gasteiger partial charge in [-0.1, -0.05) is 42.5 Å². The molecule has 28 heavy (non-hydrogen) atoms. The lowest BCUT2D eigenvalue weighted by molar-refractivity contribution is -0.137. The number of hydrogen-bond acceptors (Lipinski definition) is 3. The summed E-state index contributed by atoms with van der Waals surface area (Å²) >= 11 is 0. The molecular formula is C21H13F4N3. The van der Waals surface area contributed by atoms with Crippen molar-refractivity contribution in [3.63, 3.8) is 0 Å². The van der Waals surface area contributed by atoms with Crippen molar-refractivity contribution in [2.45, 2.75) is 6.18 Å². The quantitative estimate of drug-likeness (QED) is 0.601. The lowest BCUT2D eigenvalue weighted by Gasteiger charge is -2.11. The molecule has 3 aromatic carbocycles. The van der Waals surface area contributed by atoms with Gasteiger partial charge in [0.25, 0.3) is 0 Å². The molecule has 7 heteroatoms. The molecule has 1 heterocycles. The van der Waals surface area contributed by atoms with Crippen molar-refractivity contribution in [1.82, 2.24) is 5.43 Å². The molecule has 3 aromatic rings. The fraction of sp³-hybridized carbons (Fsp3) is 0.0476. The first-order valence-electron chi connectivity index (χ1n) is 8.38. The average Bonchev–Trinajstić information content (AvgIpc) is 2.87. The van der Waals surface area contributed by atoms with Gasteiger partial charge in [-0.25, -0.2) is 9.38 Å². The van der Waals surface area contributed by atoms with E-state index in [-0.39, 0.29) is 22.7 Å². The maximum atomic E-state index is 14.2. The van der Waals surface area contributed by atoms with E-state index < -0.39 is 17.6 Å². The number of alkyl halides is 3. The molecule has 0 atom stereocenters. The van der Waals surface area contributed by atoms with Gasteiger partial charge in [0.1, 0.15) is 5.82 Å². The van der Waals surface area contributed by atoms with Crippen molar-refractivity contribution in [3.8, 4) is 0 Å². The highest BCUT2D eigenvalue weighted by atomic mass is 19.4. The van der Waals surface area contributed by atoms with Gasteiger partial charge in [0, 0.05) is 11.1 Å². The Morgan fingerprint density at radius 1 is 0.786 bits per heavy atom. The summed E-state index contributed by atoms with van der Waals surface area (Å²) in [4.78, 5) is 4.45. The summed E-state index contributed by atoms with van der Waals surface area (Å²) in [6.07, 6.45) is -4.47. The van der Waals surface area contributed by atoms with Crippen LogP contribution in [-0.2, 0) is 6.18 Å². The Hall–Kier alpha value is -3.48. The molecule has 3 nitrogen and oxygen atoms in total. The number of aliphatic imine (C=N–C) groups is 1. The number of nitrogens with zero attached hydrogens (tertiary/aromatic N) is 2. The maximum absolute atomic E-state index is 14.2. The predicted molar refractivity (Wildman–Crippen MR) is 99.3 cm³/mol. The van der Waals surface area contributed by atoms with E-state index in [1.807, 2.05) is 0 Å². The second-order valence-electron chi connectivity index (χ2n) is 6.11. The van der Waals surface area contributed by atoms with Gasteiger partial charge in [-0.05, 0) is 30.3 Å². The summed E-state index contributed by atoms with van der Waals surface area (Å²) in [6.45, 7) is 0. The Morgan fingerprint density at radius 3 is 2.25 bits per heavy atom. The van der Waals surface area contributed by atoms with E-state index in [4.69, 9.17) is 0 Å². The number of halogens is 4. The van der Waals surface area contributed by atoms with Gasteiger partial charge in [-0.15, -0.1) is 0 Å². The fourth-order valence-corrected chi connectivity index (χ4v) is 2.92. The number of hydrogen-bond donors (Lipinski definition) is 1. The smallest absolute Gasteiger partial charge is 0.260 e. The number of rotatable bonds is 2. The van der Waals surface area contributed by atoms with Crippen LogP contribution in [0.3, 0.4) is 0 Å². The van der Waals surface area contributed by atoms with Crippen LogP contribution in [0.15, 0.2) is 82.9 Å². The molecule has 1 aliphatic heterocycles. The molecule has 0 spiro atoms. The monoisotopic (exact) mass is 383 g/mol. The van der Waals surface area contributed by atoms with Crippen LogP contribution in [-0.4, -0.2) is 11.5 Å². The van der Waals surface area contributed by atoms with Gasteiger partial charge in [0.15, 0.2) is 5.84 Å². The van der Waals surface area contributed by atoms with E-state index in [2.05, 4.69) is 15.5 Å². The SMILES string of the molecule is Fc1ccccc1C1=Nc2ccccc2C(c2cccc(C(F)(F)F)c2)=NN1. The molecular weight excluding hydrogens is 370 g/mol. The molecule has 0 unspecified atom stereocenters. The molecule has 0 fully saturated rings.